The number of likely N-dealkylation sites (tertiary alicyclic amines) is 1. The molecule has 1 saturated heterocycles. The lowest BCUT2D eigenvalue weighted by Crippen LogP contribution is -2.42. The maximum atomic E-state index is 3.78. The molecule has 114 valence electrons. The van der Waals surface area contributed by atoms with Crippen LogP contribution in [0.2, 0.25) is 0 Å². The third-order valence-corrected chi connectivity index (χ3v) is 5.45. The molecule has 4 rings (SSSR count). The van der Waals surface area contributed by atoms with Crippen LogP contribution in [-0.4, -0.2) is 30.6 Å². The molecule has 3 fully saturated rings. The maximum Gasteiger partial charge on any atom is 0.0236 e. The molecule has 0 amide bonds. The highest BCUT2D eigenvalue weighted by atomic mass is 15.1. The number of rotatable bonds is 6. The van der Waals surface area contributed by atoms with E-state index in [0.717, 1.165) is 17.9 Å². The zero-order valence-corrected chi connectivity index (χ0v) is 13.1. The second-order valence-corrected chi connectivity index (χ2v) is 7.38. The summed E-state index contributed by atoms with van der Waals surface area (Å²) in [4.78, 5) is 2.66. The van der Waals surface area contributed by atoms with Gasteiger partial charge in [0.25, 0.3) is 0 Å². The van der Waals surface area contributed by atoms with Crippen LogP contribution in [0.15, 0.2) is 24.3 Å². The molecule has 3 aliphatic rings. The van der Waals surface area contributed by atoms with Gasteiger partial charge in [0.05, 0.1) is 0 Å². The van der Waals surface area contributed by atoms with Gasteiger partial charge in [0.2, 0.25) is 0 Å². The number of benzene rings is 1. The van der Waals surface area contributed by atoms with Crippen molar-refractivity contribution in [1.29, 1.82) is 0 Å². The average molecular weight is 284 g/mol. The molecule has 2 heteroatoms. The van der Waals surface area contributed by atoms with E-state index in [1.165, 1.54) is 64.7 Å². The Morgan fingerprint density at radius 2 is 1.71 bits per heavy atom. The average Bonchev–Trinajstić information content (AvgIpc) is 3.40. The Labute approximate surface area is 128 Å². The molecule has 0 aromatic heterocycles. The zero-order valence-electron chi connectivity index (χ0n) is 13.1. The molecule has 0 bridgehead atoms. The third kappa shape index (κ3) is 3.67. The molecule has 2 nitrogen and oxygen atoms in total. The molecular formula is C19H28N2. The molecule has 1 aromatic carbocycles. The number of piperidine rings is 1. The fraction of sp³-hybridized carbons (Fsp3) is 0.684. The predicted molar refractivity (Wildman–Crippen MR) is 87.4 cm³/mol. The molecule has 0 radical (unpaired) electrons. The van der Waals surface area contributed by atoms with Gasteiger partial charge in [0.15, 0.2) is 0 Å². The highest BCUT2D eigenvalue weighted by Crippen LogP contribution is 2.41. The summed E-state index contributed by atoms with van der Waals surface area (Å²) in [5, 5.41) is 3.78. The van der Waals surface area contributed by atoms with E-state index in [4.69, 9.17) is 0 Å². The van der Waals surface area contributed by atoms with Gasteiger partial charge in [0, 0.05) is 12.6 Å². The summed E-state index contributed by atoms with van der Waals surface area (Å²) >= 11 is 0. The lowest BCUT2D eigenvalue weighted by atomic mass is 10.0. The molecule has 1 N–H and O–H groups in total. The summed E-state index contributed by atoms with van der Waals surface area (Å²) in [6.07, 6.45) is 8.40. The van der Waals surface area contributed by atoms with Crippen LogP contribution in [0.5, 0.6) is 0 Å². The van der Waals surface area contributed by atoms with Gasteiger partial charge in [-0.2, -0.15) is 0 Å². The molecule has 2 aliphatic carbocycles. The second kappa shape index (κ2) is 6.10. The first kappa shape index (κ1) is 13.8. The van der Waals surface area contributed by atoms with Crippen LogP contribution in [0.3, 0.4) is 0 Å². The van der Waals surface area contributed by atoms with Crippen molar-refractivity contribution in [2.75, 3.05) is 19.6 Å². The maximum absolute atomic E-state index is 3.78. The topological polar surface area (TPSA) is 15.3 Å². The van der Waals surface area contributed by atoms with Crippen LogP contribution in [0.25, 0.3) is 0 Å². The summed E-state index contributed by atoms with van der Waals surface area (Å²) < 4.78 is 0. The Kier molecular flexibility index (Phi) is 4.00. The van der Waals surface area contributed by atoms with Crippen molar-refractivity contribution in [3.63, 3.8) is 0 Å². The summed E-state index contributed by atoms with van der Waals surface area (Å²) in [6, 6.07) is 9.92. The van der Waals surface area contributed by atoms with Gasteiger partial charge in [-0.05, 0) is 81.1 Å². The van der Waals surface area contributed by atoms with Gasteiger partial charge in [0.1, 0.15) is 0 Å². The zero-order chi connectivity index (χ0) is 14.1. The van der Waals surface area contributed by atoms with Crippen molar-refractivity contribution in [3.05, 3.63) is 35.4 Å². The molecule has 2 saturated carbocycles. The molecule has 0 unspecified atom stereocenters. The first-order valence-electron chi connectivity index (χ1n) is 8.92. The lowest BCUT2D eigenvalue weighted by Gasteiger charge is -2.33. The van der Waals surface area contributed by atoms with E-state index in [9.17, 15) is 0 Å². The van der Waals surface area contributed by atoms with E-state index in [0.29, 0.717) is 0 Å². The second-order valence-electron chi connectivity index (χ2n) is 7.38. The predicted octanol–water partition coefficient (Wildman–Crippen LogP) is 3.53. The first-order valence-corrected chi connectivity index (χ1v) is 8.92. The Morgan fingerprint density at radius 3 is 2.43 bits per heavy atom. The van der Waals surface area contributed by atoms with Crippen molar-refractivity contribution in [2.45, 2.75) is 57.0 Å². The summed E-state index contributed by atoms with van der Waals surface area (Å²) in [5.41, 5.74) is 3.22. The smallest absolute Gasteiger partial charge is 0.0236 e. The molecule has 0 atom stereocenters. The highest BCUT2D eigenvalue weighted by Gasteiger charge is 2.27. The third-order valence-electron chi connectivity index (χ3n) is 5.45. The quantitative estimate of drug-likeness (QED) is 0.859. The fourth-order valence-corrected chi connectivity index (χ4v) is 3.66. The molecule has 1 aromatic rings. The summed E-state index contributed by atoms with van der Waals surface area (Å²) in [7, 11) is 0. The van der Waals surface area contributed by atoms with Crippen molar-refractivity contribution >= 4 is 0 Å². The van der Waals surface area contributed by atoms with Crippen LogP contribution in [0.4, 0.5) is 0 Å². The van der Waals surface area contributed by atoms with Crippen molar-refractivity contribution in [1.82, 2.24) is 10.2 Å². The van der Waals surface area contributed by atoms with E-state index in [2.05, 4.69) is 34.5 Å². The van der Waals surface area contributed by atoms with Crippen LogP contribution < -0.4 is 5.32 Å². The van der Waals surface area contributed by atoms with Gasteiger partial charge in [-0.1, -0.05) is 24.3 Å². The van der Waals surface area contributed by atoms with E-state index in [-0.39, 0.29) is 0 Å². The van der Waals surface area contributed by atoms with E-state index >= 15 is 0 Å². The molecular weight excluding hydrogens is 256 g/mol. The van der Waals surface area contributed by atoms with E-state index in [1.54, 1.807) is 11.1 Å². The Bertz CT molecular complexity index is 468. The number of nitrogens with one attached hydrogen (secondary N) is 1. The number of hydrogen-bond acceptors (Lipinski definition) is 2. The minimum Gasteiger partial charge on any atom is -0.314 e. The van der Waals surface area contributed by atoms with Gasteiger partial charge in [-0.15, -0.1) is 0 Å². The first-order chi connectivity index (χ1) is 10.4. The Balaban J connectivity index is 1.28. The van der Waals surface area contributed by atoms with Crippen LogP contribution >= 0.6 is 0 Å². The standard InChI is InChI=1S/C19H28N2/c1-2-4-19(16-7-8-16)17(3-1)14-21-11-9-18(10-12-21)20-13-15-5-6-15/h1-4,15-16,18,20H,5-14H2. The van der Waals surface area contributed by atoms with Crippen LogP contribution in [0, 0.1) is 5.92 Å². The van der Waals surface area contributed by atoms with Crippen LogP contribution in [-0.2, 0) is 6.54 Å². The van der Waals surface area contributed by atoms with Gasteiger partial charge in [-0.3, -0.25) is 4.90 Å². The van der Waals surface area contributed by atoms with Gasteiger partial charge in [-0.25, -0.2) is 0 Å². The SMILES string of the molecule is c1ccc(C2CC2)c(CN2CCC(NCC3CC3)CC2)c1. The molecule has 1 heterocycles. The Morgan fingerprint density at radius 1 is 0.952 bits per heavy atom. The normalized spacial score (nSPS) is 24.4. The molecule has 1 aliphatic heterocycles. The number of hydrogen-bond donors (Lipinski definition) is 1. The van der Waals surface area contributed by atoms with E-state index < -0.39 is 0 Å². The molecule has 0 spiro atoms. The van der Waals surface area contributed by atoms with Crippen molar-refractivity contribution < 1.29 is 0 Å². The lowest BCUT2D eigenvalue weighted by molar-refractivity contribution is 0.189. The highest BCUT2D eigenvalue weighted by molar-refractivity contribution is 5.33. The van der Waals surface area contributed by atoms with Gasteiger partial charge >= 0.3 is 0 Å². The van der Waals surface area contributed by atoms with Crippen LogP contribution in [0.1, 0.15) is 55.6 Å². The largest absolute Gasteiger partial charge is 0.314 e. The minimum atomic E-state index is 0.778. The monoisotopic (exact) mass is 284 g/mol. The van der Waals surface area contributed by atoms with Crippen molar-refractivity contribution in [2.24, 2.45) is 5.92 Å². The summed E-state index contributed by atoms with van der Waals surface area (Å²) in [5.74, 6) is 1.88. The van der Waals surface area contributed by atoms with Crippen molar-refractivity contribution in [3.8, 4) is 0 Å². The minimum absolute atomic E-state index is 0.778. The summed E-state index contributed by atoms with van der Waals surface area (Å²) in [6.45, 7) is 4.97. The molecule has 21 heavy (non-hydrogen) atoms. The number of nitrogens with zero attached hydrogens (tertiary/aromatic N) is 1. The van der Waals surface area contributed by atoms with E-state index in [1.807, 2.05) is 0 Å². The Hall–Kier alpha value is -0.860. The van der Waals surface area contributed by atoms with Gasteiger partial charge < -0.3 is 5.32 Å². The fourth-order valence-electron chi connectivity index (χ4n) is 3.66.